The second-order valence-electron chi connectivity index (χ2n) is 3.94. The Kier molecular flexibility index (Phi) is 5.95. The standard InChI is InChI=1S/C12H22N2OS/c1-5-9(3)12-14-10(8-15-4)11(16-12)7-13-6-2/h9,13H,5-8H2,1-4H3. The number of ether oxygens (including phenoxy) is 1. The van der Waals surface area contributed by atoms with Crippen LogP contribution < -0.4 is 5.32 Å². The molecule has 0 amide bonds. The molecule has 1 atom stereocenters. The molecule has 0 bridgehead atoms. The summed E-state index contributed by atoms with van der Waals surface area (Å²) in [6.45, 7) is 9.06. The van der Waals surface area contributed by atoms with Crippen molar-refractivity contribution in [3.8, 4) is 0 Å². The van der Waals surface area contributed by atoms with Gasteiger partial charge in [-0.3, -0.25) is 0 Å². The van der Waals surface area contributed by atoms with E-state index in [9.17, 15) is 0 Å². The van der Waals surface area contributed by atoms with Gasteiger partial charge in [0.25, 0.3) is 0 Å². The summed E-state index contributed by atoms with van der Waals surface area (Å²) in [5.41, 5.74) is 1.10. The zero-order chi connectivity index (χ0) is 12.0. The Morgan fingerprint density at radius 1 is 1.44 bits per heavy atom. The topological polar surface area (TPSA) is 34.2 Å². The van der Waals surface area contributed by atoms with E-state index in [-0.39, 0.29) is 0 Å². The van der Waals surface area contributed by atoms with Crippen LogP contribution in [0, 0.1) is 0 Å². The van der Waals surface area contributed by atoms with Gasteiger partial charge in [0.05, 0.1) is 17.3 Å². The van der Waals surface area contributed by atoms with Gasteiger partial charge < -0.3 is 10.1 Å². The van der Waals surface area contributed by atoms with E-state index in [1.54, 1.807) is 7.11 Å². The predicted molar refractivity (Wildman–Crippen MR) is 68.9 cm³/mol. The lowest BCUT2D eigenvalue weighted by molar-refractivity contribution is 0.181. The molecule has 1 N–H and O–H groups in total. The van der Waals surface area contributed by atoms with Gasteiger partial charge in [0.2, 0.25) is 0 Å². The van der Waals surface area contributed by atoms with Gasteiger partial charge in [0.15, 0.2) is 0 Å². The molecule has 1 aromatic heterocycles. The van der Waals surface area contributed by atoms with E-state index in [1.807, 2.05) is 11.3 Å². The van der Waals surface area contributed by atoms with Gasteiger partial charge in [-0.15, -0.1) is 11.3 Å². The van der Waals surface area contributed by atoms with Crippen molar-refractivity contribution in [1.82, 2.24) is 10.3 Å². The zero-order valence-corrected chi connectivity index (χ0v) is 11.5. The van der Waals surface area contributed by atoms with Gasteiger partial charge in [-0.05, 0) is 13.0 Å². The molecule has 1 rings (SSSR count). The fraction of sp³-hybridized carbons (Fsp3) is 0.750. The Labute approximate surface area is 102 Å². The number of thiazole rings is 1. The van der Waals surface area contributed by atoms with Crippen LogP contribution in [0.2, 0.25) is 0 Å². The van der Waals surface area contributed by atoms with Crippen LogP contribution in [0.5, 0.6) is 0 Å². The van der Waals surface area contributed by atoms with Crippen LogP contribution in [-0.4, -0.2) is 18.6 Å². The van der Waals surface area contributed by atoms with E-state index in [2.05, 4.69) is 31.1 Å². The second-order valence-corrected chi connectivity index (χ2v) is 5.06. The van der Waals surface area contributed by atoms with Crippen molar-refractivity contribution in [2.24, 2.45) is 0 Å². The van der Waals surface area contributed by atoms with E-state index >= 15 is 0 Å². The molecular formula is C12H22N2OS. The van der Waals surface area contributed by atoms with Gasteiger partial charge in [0.1, 0.15) is 0 Å². The first-order valence-electron chi connectivity index (χ1n) is 5.91. The summed E-state index contributed by atoms with van der Waals surface area (Å²) in [6, 6.07) is 0. The Bertz CT molecular complexity index is 312. The zero-order valence-electron chi connectivity index (χ0n) is 10.7. The van der Waals surface area contributed by atoms with E-state index in [0.29, 0.717) is 12.5 Å². The van der Waals surface area contributed by atoms with Crippen LogP contribution in [0.1, 0.15) is 48.7 Å². The van der Waals surface area contributed by atoms with Crippen molar-refractivity contribution in [2.75, 3.05) is 13.7 Å². The van der Waals surface area contributed by atoms with E-state index in [4.69, 9.17) is 4.74 Å². The Morgan fingerprint density at radius 3 is 2.75 bits per heavy atom. The van der Waals surface area contributed by atoms with E-state index in [1.165, 1.54) is 9.88 Å². The molecule has 0 radical (unpaired) electrons. The molecule has 1 aromatic rings. The number of nitrogens with one attached hydrogen (secondary N) is 1. The Hall–Kier alpha value is -0.450. The molecule has 16 heavy (non-hydrogen) atoms. The summed E-state index contributed by atoms with van der Waals surface area (Å²) in [7, 11) is 1.72. The van der Waals surface area contributed by atoms with Gasteiger partial charge in [-0.2, -0.15) is 0 Å². The molecule has 0 aromatic carbocycles. The van der Waals surface area contributed by atoms with E-state index in [0.717, 1.165) is 25.2 Å². The SMILES string of the molecule is CCNCc1sc(C(C)CC)nc1COC. The first kappa shape index (κ1) is 13.6. The minimum Gasteiger partial charge on any atom is -0.378 e. The number of methoxy groups -OCH3 is 1. The maximum atomic E-state index is 5.19. The first-order chi connectivity index (χ1) is 7.72. The molecule has 0 aliphatic carbocycles. The quantitative estimate of drug-likeness (QED) is 0.798. The largest absolute Gasteiger partial charge is 0.378 e. The van der Waals surface area contributed by atoms with Crippen molar-refractivity contribution >= 4 is 11.3 Å². The lowest BCUT2D eigenvalue weighted by Gasteiger charge is -2.01. The lowest BCUT2D eigenvalue weighted by Crippen LogP contribution is -2.12. The third kappa shape index (κ3) is 3.54. The van der Waals surface area contributed by atoms with Crippen molar-refractivity contribution < 1.29 is 4.74 Å². The monoisotopic (exact) mass is 242 g/mol. The van der Waals surface area contributed by atoms with Crippen LogP contribution in [0.15, 0.2) is 0 Å². The molecule has 3 nitrogen and oxygen atoms in total. The molecule has 0 aliphatic heterocycles. The summed E-state index contributed by atoms with van der Waals surface area (Å²) in [6.07, 6.45) is 1.14. The summed E-state index contributed by atoms with van der Waals surface area (Å²) < 4.78 is 5.19. The highest BCUT2D eigenvalue weighted by molar-refractivity contribution is 7.11. The molecule has 0 fully saturated rings. The minimum absolute atomic E-state index is 0.552. The molecule has 0 aliphatic rings. The van der Waals surface area contributed by atoms with Gasteiger partial charge >= 0.3 is 0 Å². The van der Waals surface area contributed by atoms with Crippen LogP contribution in [0.25, 0.3) is 0 Å². The third-order valence-corrected chi connectivity index (χ3v) is 3.97. The summed E-state index contributed by atoms with van der Waals surface area (Å²) in [4.78, 5) is 6.00. The highest BCUT2D eigenvalue weighted by Crippen LogP contribution is 2.27. The molecule has 4 heteroatoms. The molecule has 92 valence electrons. The highest BCUT2D eigenvalue weighted by atomic mass is 32.1. The number of hydrogen-bond donors (Lipinski definition) is 1. The molecule has 1 unspecified atom stereocenters. The smallest absolute Gasteiger partial charge is 0.0960 e. The Morgan fingerprint density at radius 2 is 2.19 bits per heavy atom. The van der Waals surface area contributed by atoms with E-state index < -0.39 is 0 Å². The van der Waals surface area contributed by atoms with Crippen molar-refractivity contribution in [3.05, 3.63) is 15.6 Å². The van der Waals surface area contributed by atoms with Crippen LogP contribution in [-0.2, 0) is 17.9 Å². The molecule has 1 heterocycles. The summed E-state index contributed by atoms with van der Waals surface area (Å²) >= 11 is 1.82. The third-order valence-electron chi connectivity index (χ3n) is 2.65. The summed E-state index contributed by atoms with van der Waals surface area (Å²) in [5.74, 6) is 0.552. The van der Waals surface area contributed by atoms with Crippen LogP contribution in [0.4, 0.5) is 0 Å². The van der Waals surface area contributed by atoms with Crippen LogP contribution >= 0.6 is 11.3 Å². The van der Waals surface area contributed by atoms with Gasteiger partial charge in [-0.25, -0.2) is 4.98 Å². The molecule has 0 saturated heterocycles. The average Bonchev–Trinajstić information content (AvgIpc) is 2.69. The van der Waals surface area contributed by atoms with Gasteiger partial charge in [-0.1, -0.05) is 20.8 Å². The maximum Gasteiger partial charge on any atom is 0.0960 e. The average molecular weight is 242 g/mol. The summed E-state index contributed by atoms with van der Waals surface area (Å²) in [5, 5.41) is 4.59. The molecule has 0 spiro atoms. The first-order valence-corrected chi connectivity index (χ1v) is 6.72. The molecular weight excluding hydrogens is 220 g/mol. The second kappa shape index (κ2) is 6.99. The minimum atomic E-state index is 0.552. The normalized spacial score (nSPS) is 13.0. The fourth-order valence-electron chi connectivity index (χ4n) is 1.41. The number of rotatable bonds is 7. The highest BCUT2D eigenvalue weighted by Gasteiger charge is 2.14. The van der Waals surface area contributed by atoms with Crippen molar-refractivity contribution in [3.63, 3.8) is 0 Å². The van der Waals surface area contributed by atoms with Crippen molar-refractivity contribution in [1.29, 1.82) is 0 Å². The lowest BCUT2D eigenvalue weighted by atomic mass is 10.1. The maximum absolute atomic E-state index is 5.19. The predicted octanol–water partition coefficient (Wildman–Crippen LogP) is 2.91. The number of nitrogens with zero attached hydrogens (tertiary/aromatic N) is 1. The molecule has 0 saturated carbocycles. The van der Waals surface area contributed by atoms with Crippen LogP contribution in [0.3, 0.4) is 0 Å². The number of hydrogen-bond acceptors (Lipinski definition) is 4. The van der Waals surface area contributed by atoms with Gasteiger partial charge in [0, 0.05) is 24.4 Å². The number of aromatic nitrogens is 1. The Balaban J connectivity index is 2.81. The van der Waals surface area contributed by atoms with Crippen molar-refractivity contribution in [2.45, 2.75) is 46.3 Å². The fourth-order valence-corrected chi connectivity index (χ4v) is 2.59.